The molecule has 0 rings (SSSR count). The Morgan fingerprint density at radius 2 is 0.584 bits per heavy atom. The number of rotatable bonds is 91. The minimum atomic E-state index is -4.30. The molecule has 0 aliphatic rings. The number of urea groups is 1. The lowest BCUT2D eigenvalue weighted by Crippen LogP contribution is -2.41. The number of ether oxygens (including phenoxy) is 4. The lowest BCUT2D eigenvalue weighted by atomic mass is 10.1. The van der Waals surface area contributed by atoms with E-state index in [0.29, 0.717) is 38.5 Å². The maximum Gasteiger partial charge on any atom is 0.475 e. The molecule has 0 heterocycles. The Bertz CT molecular complexity index is 2290. The first kappa shape index (κ1) is 110. The second kappa shape index (κ2) is 83.8. The number of carbonyl (C=O) groups is 5. The van der Waals surface area contributed by atoms with Crippen molar-refractivity contribution in [2.75, 3.05) is 79.2 Å². The molecule has 0 bridgehead atoms. The van der Waals surface area contributed by atoms with Crippen molar-refractivity contribution in [1.29, 1.82) is 0 Å². The number of esters is 2. The molecule has 666 valence electrons. The van der Waals surface area contributed by atoms with Gasteiger partial charge in [-0.15, -0.1) is 13.2 Å². The molecule has 0 spiro atoms. The number of hydrogen-bond acceptors (Lipinski definition) is 17. The topological polar surface area (TPSA) is 260 Å². The molecular formula is C90H174N4O17P2. The highest BCUT2D eigenvalue weighted by Crippen LogP contribution is 2.50. The first-order chi connectivity index (χ1) is 55.1. The molecule has 0 aliphatic carbocycles. The summed E-state index contributed by atoms with van der Waals surface area (Å²) in [7, 11) is -8.54. The van der Waals surface area contributed by atoms with E-state index in [-0.39, 0.29) is 122 Å². The average Bonchev–Trinajstić information content (AvgIpc) is 0.888. The van der Waals surface area contributed by atoms with E-state index in [2.05, 4.69) is 76.0 Å². The Morgan fingerprint density at radius 3 is 0.903 bits per heavy atom. The molecule has 0 aromatic rings. The summed E-state index contributed by atoms with van der Waals surface area (Å²) in [6.07, 6.45) is 63.7. The monoisotopic (exact) mass is 1650 g/mol. The Kier molecular flexibility index (Phi) is 81.4. The summed E-state index contributed by atoms with van der Waals surface area (Å²) in [5.74, 6) is -0.705. The number of hydrogen-bond donors (Lipinski definition) is 4. The number of nitrogens with one attached hydrogen (secondary N) is 4. The van der Waals surface area contributed by atoms with Gasteiger partial charge in [0.1, 0.15) is 12.2 Å². The van der Waals surface area contributed by atoms with Gasteiger partial charge in [-0.3, -0.25) is 46.3 Å². The fraction of sp³-hybridized carbons (Fsp3) is 0.900. The van der Waals surface area contributed by atoms with Crippen LogP contribution in [0.4, 0.5) is 4.79 Å². The summed E-state index contributed by atoms with van der Waals surface area (Å²) in [4.78, 5) is 66.4. The van der Waals surface area contributed by atoms with Gasteiger partial charge >= 0.3 is 33.6 Å². The van der Waals surface area contributed by atoms with E-state index >= 15 is 0 Å². The van der Waals surface area contributed by atoms with Crippen LogP contribution in [0.5, 0.6) is 0 Å². The molecular weight excluding hydrogens is 1470 g/mol. The molecule has 0 saturated carbocycles. The Morgan fingerprint density at radius 1 is 0.301 bits per heavy atom. The standard InChI is InChI=1S/C90H174N4O17P2/c1-9-17-23-29-33-37-39-43-45-51-57-64-86(95)93-82(78-102-75-68-84(62-55-49-27-21-13-5)110-88(97)66-59-53-47-41-35-31-25-19-11-3)80-108-112(100,104-72-15-7)106-74-61-70-91-90(99)92-71-77-107-113(101,105-73-16-8)109-81-83(94-87(96)65-58-52-46-44-40-38-34-30-24-18-10-2)79-103-76-69-85(63-56-50-28-22-14-6)111-89(98)67-60-54-48-42-36-32-26-20-12-4/h15-16,82-85H,7-14,17-81H2,1-6H3,(H,93,95)(H,94,96)(H2,91,92,99)/t82-,83-,84+,85+,112?,113?/m0/s1. The lowest BCUT2D eigenvalue weighted by molar-refractivity contribution is -0.151. The molecule has 23 heteroatoms. The van der Waals surface area contributed by atoms with E-state index in [1.165, 1.54) is 186 Å². The van der Waals surface area contributed by atoms with Gasteiger partial charge in [-0.2, -0.15) is 0 Å². The van der Waals surface area contributed by atoms with Gasteiger partial charge in [-0.1, -0.05) is 336 Å². The van der Waals surface area contributed by atoms with Crippen LogP contribution in [0, 0.1) is 0 Å². The molecule has 2 unspecified atom stereocenters. The van der Waals surface area contributed by atoms with Crippen molar-refractivity contribution >= 4 is 45.4 Å². The Hall–Kier alpha value is -3.23. The largest absolute Gasteiger partial charge is 0.475 e. The SMILES string of the molecule is C=CCOP(=O)(OCCCNC(=O)NCCOP(=O)(OCC=C)OC[C@H](COCC[C@@H](CCCCCCC)OC(=O)CCCCCCCCCCC)NC(=O)CCCCCCCCCCCCC)OC[C@H](COCC[C@@H](CCCCCCC)OC(=O)CCCCCCCCCCC)NC(=O)CCCCCCCCCCCCC. The molecule has 21 nitrogen and oxygen atoms in total. The quantitative estimate of drug-likeness (QED) is 0.0191. The van der Waals surface area contributed by atoms with Crippen molar-refractivity contribution in [3.63, 3.8) is 0 Å². The third kappa shape index (κ3) is 76.0. The zero-order valence-corrected chi connectivity index (χ0v) is 75.2. The van der Waals surface area contributed by atoms with Gasteiger partial charge in [0, 0.05) is 51.6 Å². The summed E-state index contributed by atoms with van der Waals surface area (Å²) < 4.78 is 87.4. The van der Waals surface area contributed by atoms with Gasteiger partial charge in [0.2, 0.25) is 11.8 Å². The lowest BCUT2D eigenvalue weighted by Gasteiger charge is -2.23. The molecule has 0 saturated heterocycles. The minimum absolute atomic E-state index is 0.0255. The van der Waals surface area contributed by atoms with Crippen LogP contribution < -0.4 is 21.3 Å². The maximum absolute atomic E-state index is 14.2. The second-order valence-electron chi connectivity index (χ2n) is 31.5. The average molecular weight is 1650 g/mol. The Balaban J connectivity index is 5.91. The first-order valence-electron chi connectivity index (χ1n) is 46.6. The van der Waals surface area contributed by atoms with Gasteiger partial charge in [0.25, 0.3) is 0 Å². The van der Waals surface area contributed by atoms with Gasteiger partial charge in [0.05, 0.1) is 78.2 Å². The fourth-order valence-electron chi connectivity index (χ4n) is 13.5. The van der Waals surface area contributed by atoms with Gasteiger partial charge < -0.3 is 40.2 Å². The molecule has 4 N–H and O–H groups in total. The van der Waals surface area contributed by atoms with Crippen molar-refractivity contribution in [1.82, 2.24) is 21.3 Å². The van der Waals surface area contributed by atoms with Gasteiger partial charge in [-0.05, 0) is 57.8 Å². The van der Waals surface area contributed by atoms with Gasteiger partial charge in [-0.25, -0.2) is 13.9 Å². The van der Waals surface area contributed by atoms with E-state index in [1.54, 1.807) is 0 Å². The van der Waals surface area contributed by atoms with Crippen molar-refractivity contribution < 1.29 is 79.2 Å². The number of unbranched alkanes of at least 4 members (excludes halogenated alkanes) is 44. The zero-order chi connectivity index (χ0) is 82.7. The maximum atomic E-state index is 14.2. The van der Waals surface area contributed by atoms with Crippen LogP contribution in [-0.4, -0.2) is 133 Å². The highest BCUT2D eigenvalue weighted by Gasteiger charge is 2.31. The van der Waals surface area contributed by atoms with Crippen molar-refractivity contribution in [3.05, 3.63) is 25.3 Å². The van der Waals surface area contributed by atoms with Crippen LogP contribution in [-0.2, 0) is 74.4 Å². The van der Waals surface area contributed by atoms with Gasteiger partial charge in [0.15, 0.2) is 0 Å². The summed E-state index contributed by atoms with van der Waals surface area (Å²) in [5.41, 5.74) is 0. The fourth-order valence-corrected chi connectivity index (χ4v) is 15.9. The normalized spacial score (nSPS) is 13.7. The van der Waals surface area contributed by atoms with Crippen LogP contribution in [0.15, 0.2) is 25.3 Å². The number of carbonyl (C=O) groups excluding carboxylic acids is 5. The third-order valence-electron chi connectivity index (χ3n) is 20.4. The first-order valence-corrected chi connectivity index (χ1v) is 49.5. The van der Waals surface area contributed by atoms with Crippen LogP contribution in [0.3, 0.4) is 0 Å². The highest BCUT2D eigenvalue weighted by molar-refractivity contribution is 7.48. The van der Waals surface area contributed by atoms with Crippen LogP contribution in [0.25, 0.3) is 0 Å². The number of phosphoric acid groups is 2. The molecule has 0 aliphatic heterocycles. The Labute approximate surface area is 691 Å². The predicted molar refractivity (Wildman–Crippen MR) is 464 cm³/mol. The van der Waals surface area contributed by atoms with E-state index in [4.69, 9.17) is 46.1 Å². The van der Waals surface area contributed by atoms with Crippen LogP contribution in [0.2, 0.25) is 0 Å². The molecule has 0 aromatic carbocycles. The molecule has 0 fully saturated rings. The highest BCUT2D eigenvalue weighted by atomic mass is 31.2. The molecule has 4 amide bonds. The molecule has 0 radical (unpaired) electrons. The van der Waals surface area contributed by atoms with Crippen LogP contribution >= 0.6 is 15.6 Å². The summed E-state index contributed by atoms with van der Waals surface area (Å²) >= 11 is 0. The van der Waals surface area contributed by atoms with E-state index in [9.17, 15) is 33.1 Å². The zero-order valence-electron chi connectivity index (χ0n) is 73.4. The number of phosphoric ester groups is 2. The second-order valence-corrected chi connectivity index (χ2v) is 34.8. The molecule has 0 aromatic heterocycles. The minimum Gasteiger partial charge on any atom is -0.462 e. The van der Waals surface area contributed by atoms with E-state index in [0.717, 1.165) is 161 Å². The van der Waals surface area contributed by atoms with Crippen LogP contribution in [0.1, 0.15) is 420 Å². The van der Waals surface area contributed by atoms with Crippen molar-refractivity contribution in [3.8, 4) is 0 Å². The summed E-state index contributed by atoms with van der Waals surface area (Å²) in [6, 6.07) is -2.02. The van der Waals surface area contributed by atoms with E-state index < -0.39 is 33.8 Å². The molecule has 113 heavy (non-hydrogen) atoms. The third-order valence-corrected chi connectivity index (χ3v) is 23.3. The summed E-state index contributed by atoms with van der Waals surface area (Å²) in [5, 5.41) is 11.5. The summed E-state index contributed by atoms with van der Waals surface area (Å²) in [6.45, 7) is 20.1. The number of amides is 4. The smallest absolute Gasteiger partial charge is 0.462 e. The van der Waals surface area contributed by atoms with E-state index in [1.807, 2.05) is 0 Å². The van der Waals surface area contributed by atoms with Crippen molar-refractivity contribution in [2.45, 2.75) is 445 Å². The van der Waals surface area contributed by atoms with Crippen molar-refractivity contribution in [2.24, 2.45) is 0 Å². The predicted octanol–water partition coefficient (Wildman–Crippen LogP) is 24.9. The molecule has 6 atom stereocenters.